The summed E-state index contributed by atoms with van der Waals surface area (Å²) in [4.78, 5) is 2.30. The maximum Gasteiger partial charge on any atom is 0.115 e. The molecule has 1 atom stereocenters. The minimum atomic E-state index is -0.324. The monoisotopic (exact) mass is 249 g/mol. The second-order valence-electron chi connectivity index (χ2n) is 5.93. The molecule has 3 nitrogen and oxygen atoms in total. The molecular weight excluding hydrogens is 226 g/mol. The van der Waals surface area contributed by atoms with Crippen molar-refractivity contribution in [3.05, 3.63) is 29.8 Å². The van der Waals surface area contributed by atoms with Gasteiger partial charge in [-0.1, -0.05) is 19.1 Å². The fraction of sp³-hybridized carbons (Fsp3) is 0.600. The quantitative estimate of drug-likeness (QED) is 0.874. The lowest BCUT2D eigenvalue weighted by Crippen LogP contribution is -2.56. The van der Waals surface area contributed by atoms with Crippen LogP contribution in [0.25, 0.3) is 0 Å². The average molecular weight is 249 g/mol. The molecule has 0 amide bonds. The molecule has 3 heteroatoms. The van der Waals surface area contributed by atoms with E-state index in [1.807, 2.05) is 18.2 Å². The highest BCUT2D eigenvalue weighted by atomic mass is 16.5. The smallest absolute Gasteiger partial charge is 0.115 e. The number of aromatic hydroxyl groups is 1. The van der Waals surface area contributed by atoms with Crippen LogP contribution in [-0.4, -0.2) is 35.7 Å². The second-order valence-corrected chi connectivity index (χ2v) is 5.93. The summed E-state index contributed by atoms with van der Waals surface area (Å²) >= 11 is 0. The molecule has 1 aliphatic heterocycles. The summed E-state index contributed by atoms with van der Waals surface area (Å²) in [6, 6.07) is 7.44. The van der Waals surface area contributed by atoms with Gasteiger partial charge in [0.05, 0.1) is 5.60 Å². The van der Waals surface area contributed by atoms with Crippen LogP contribution >= 0.6 is 0 Å². The minimum Gasteiger partial charge on any atom is -0.508 e. The van der Waals surface area contributed by atoms with E-state index in [0.717, 1.165) is 25.1 Å². The maximum atomic E-state index is 9.68. The summed E-state index contributed by atoms with van der Waals surface area (Å²) in [5, 5.41) is 9.68. The van der Waals surface area contributed by atoms with Gasteiger partial charge in [-0.25, -0.2) is 0 Å². The van der Waals surface area contributed by atoms with Gasteiger partial charge in [0.1, 0.15) is 11.4 Å². The van der Waals surface area contributed by atoms with Gasteiger partial charge in [0.15, 0.2) is 0 Å². The zero-order valence-corrected chi connectivity index (χ0v) is 11.7. The van der Waals surface area contributed by atoms with Gasteiger partial charge in [-0.3, -0.25) is 0 Å². The Bertz CT molecular complexity index is 430. The van der Waals surface area contributed by atoms with E-state index >= 15 is 0 Å². The molecular formula is C15H23NO2. The van der Waals surface area contributed by atoms with Crippen LogP contribution < -0.4 is 0 Å². The van der Waals surface area contributed by atoms with Crippen LogP contribution in [0.5, 0.6) is 5.75 Å². The van der Waals surface area contributed by atoms with Crippen molar-refractivity contribution in [2.24, 2.45) is 0 Å². The van der Waals surface area contributed by atoms with Crippen molar-refractivity contribution in [3.63, 3.8) is 0 Å². The first-order chi connectivity index (χ1) is 8.37. The summed E-state index contributed by atoms with van der Waals surface area (Å²) in [5.41, 5.74) is 0.564. The minimum absolute atomic E-state index is 0.172. The van der Waals surface area contributed by atoms with Crippen molar-refractivity contribution >= 4 is 0 Å². The molecule has 1 N–H and O–H groups in total. The first-order valence-corrected chi connectivity index (χ1v) is 6.55. The molecule has 1 unspecified atom stereocenters. The van der Waals surface area contributed by atoms with Crippen molar-refractivity contribution in [3.8, 4) is 5.75 Å². The average Bonchev–Trinajstić information content (AvgIpc) is 2.26. The van der Waals surface area contributed by atoms with E-state index in [0.29, 0.717) is 5.75 Å². The second kappa shape index (κ2) is 4.56. The third kappa shape index (κ3) is 2.52. The molecule has 0 aromatic heterocycles. The first kappa shape index (κ1) is 13.4. The topological polar surface area (TPSA) is 32.7 Å². The molecule has 0 bridgehead atoms. The number of nitrogens with zero attached hydrogens (tertiary/aromatic N) is 1. The Kier molecular flexibility index (Phi) is 3.39. The standard InChI is InChI=1S/C15H23NO2/c1-5-15(12-7-6-8-13(17)9-12)11-16(4)10-14(2,3)18-15/h6-9,17H,5,10-11H2,1-4H3. The van der Waals surface area contributed by atoms with Gasteiger partial charge >= 0.3 is 0 Å². The van der Waals surface area contributed by atoms with Crippen LogP contribution in [0.2, 0.25) is 0 Å². The Hall–Kier alpha value is -1.06. The molecule has 100 valence electrons. The highest BCUT2D eigenvalue weighted by molar-refractivity contribution is 5.32. The summed E-state index contributed by atoms with van der Waals surface area (Å²) in [6.45, 7) is 8.16. The Morgan fingerprint density at radius 2 is 2.06 bits per heavy atom. The molecule has 1 aliphatic rings. The van der Waals surface area contributed by atoms with Gasteiger partial charge in [0, 0.05) is 13.1 Å². The number of ether oxygens (including phenoxy) is 1. The highest BCUT2D eigenvalue weighted by Crippen LogP contribution is 2.39. The molecule has 1 fully saturated rings. The predicted molar refractivity (Wildman–Crippen MR) is 72.7 cm³/mol. The van der Waals surface area contributed by atoms with Gasteiger partial charge in [-0.15, -0.1) is 0 Å². The molecule has 1 heterocycles. The fourth-order valence-electron chi connectivity index (χ4n) is 3.06. The normalized spacial score (nSPS) is 28.2. The van der Waals surface area contributed by atoms with Gasteiger partial charge < -0.3 is 14.7 Å². The van der Waals surface area contributed by atoms with Crippen LogP contribution in [0.1, 0.15) is 32.8 Å². The van der Waals surface area contributed by atoms with Crippen molar-refractivity contribution < 1.29 is 9.84 Å². The van der Waals surface area contributed by atoms with Gasteiger partial charge in [-0.2, -0.15) is 0 Å². The number of likely N-dealkylation sites (N-methyl/N-ethyl adjacent to an activating group) is 1. The van der Waals surface area contributed by atoms with Crippen LogP contribution in [0.4, 0.5) is 0 Å². The molecule has 0 aliphatic carbocycles. The number of rotatable bonds is 2. The number of phenols is 1. The van der Waals surface area contributed by atoms with Crippen molar-refractivity contribution in [1.29, 1.82) is 0 Å². The number of benzene rings is 1. The Balaban J connectivity index is 2.41. The van der Waals surface area contributed by atoms with E-state index in [9.17, 15) is 5.11 Å². The molecule has 2 rings (SSSR count). The lowest BCUT2D eigenvalue weighted by Gasteiger charge is -2.49. The van der Waals surface area contributed by atoms with Crippen molar-refractivity contribution in [2.45, 2.75) is 38.4 Å². The number of phenolic OH excluding ortho intramolecular Hbond substituents is 1. The molecule has 1 aromatic carbocycles. The first-order valence-electron chi connectivity index (χ1n) is 6.55. The SMILES string of the molecule is CCC1(c2cccc(O)c2)CN(C)CC(C)(C)O1. The Morgan fingerprint density at radius 1 is 1.33 bits per heavy atom. The highest BCUT2D eigenvalue weighted by Gasteiger charge is 2.43. The zero-order chi connectivity index (χ0) is 13.4. The van der Waals surface area contributed by atoms with Gasteiger partial charge in [-0.05, 0) is 45.0 Å². The number of morpholine rings is 1. The van der Waals surface area contributed by atoms with E-state index in [2.05, 4.69) is 32.7 Å². The third-order valence-electron chi connectivity index (χ3n) is 3.59. The summed E-state index contributed by atoms with van der Waals surface area (Å²) in [6.07, 6.45) is 0.893. The predicted octanol–water partition coefficient (Wildman–Crippen LogP) is 2.74. The fourth-order valence-corrected chi connectivity index (χ4v) is 3.06. The molecule has 1 aromatic rings. The molecule has 1 saturated heterocycles. The Morgan fingerprint density at radius 3 is 2.61 bits per heavy atom. The van der Waals surface area contributed by atoms with Crippen LogP contribution in [-0.2, 0) is 10.3 Å². The van der Waals surface area contributed by atoms with Crippen LogP contribution in [0.15, 0.2) is 24.3 Å². The van der Waals surface area contributed by atoms with Crippen molar-refractivity contribution in [2.75, 3.05) is 20.1 Å². The molecule has 18 heavy (non-hydrogen) atoms. The van der Waals surface area contributed by atoms with Gasteiger partial charge in [0.25, 0.3) is 0 Å². The summed E-state index contributed by atoms with van der Waals surface area (Å²) in [7, 11) is 2.12. The summed E-state index contributed by atoms with van der Waals surface area (Å²) in [5.74, 6) is 0.301. The zero-order valence-electron chi connectivity index (χ0n) is 11.7. The van der Waals surface area contributed by atoms with E-state index in [4.69, 9.17) is 4.74 Å². The van der Waals surface area contributed by atoms with E-state index in [-0.39, 0.29) is 11.2 Å². The third-order valence-corrected chi connectivity index (χ3v) is 3.59. The lowest BCUT2D eigenvalue weighted by molar-refractivity contribution is -0.200. The largest absolute Gasteiger partial charge is 0.508 e. The lowest BCUT2D eigenvalue weighted by atomic mass is 9.86. The van der Waals surface area contributed by atoms with E-state index in [1.165, 1.54) is 0 Å². The number of hydrogen-bond donors (Lipinski definition) is 1. The van der Waals surface area contributed by atoms with Crippen molar-refractivity contribution in [1.82, 2.24) is 4.90 Å². The molecule has 0 saturated carbocycles. The van der Waals surface area contributed by atoms with E-state index in [1.54, 1.807) is 6.07 Å². The maximum absolute atomic E-state index is 9.68. The summed E-state index contributed by atoms with van der Waals surface area (Å²) < 4.78 is 6.37. The van der Waals surface area contributed by atoms with Crippen LogP contribution in [0, 0.1) is 0 Å². The van der Waals surface area contributed by atoms with Crippen LogP contribution in [0.3, 0.4) is 0 Å². The van der Waals surface area contributed by atoms with Gasteiger partial charge in [0.2, 0.25) is 0 Å². The van der Waals surface area contributed by atoms with E-state index < -0.39 is 0 Å². The molecule has 0 radical (unpaired) electrons. The number of hydrogen-bond acceptors (Lipinski definition) is 3. The Labute approximate surface area is 109 Å². The molecule has 0 spiro atoms.